The summed E-state index contributed by atoms with van der Waals surface area (Å²) in [5.41, 5.74) is -1.46. The molecule has 0 heterocycles. The second-order valence-electron chi connectivity index (χ2n) is 4.79. The predicted molar refractivity (Wildman–Crippen MR) is 75.8 cm³/mol. The zero-order valence-corrected chi connectivity index (χ0v) is 12.7. The normalized spacial score (nSPS) is 12.4. The highest BCUT2D eigenvalue weighted by atomic mass is 35.5. The molecule has 4 nitrogen and oxygen atoms in total. The van der Waals surface area contributed by atoms with E-state index < -0.39 is 24.5 Å². The van der Waals surface area contributed by atoms with Crippen LogP contribution in [0, 0.1) is 5.92 Å². The molecule has 0 spiro atoms. The zero-order valence-electron chi connectivity index (χ0n) is 12.0. The molecule has 8 heteroatoms. The van der Waals surface area contributed by atoms with Crippen LogP contribution in [0.15, 0.2) is 29.4 Å². The van der Waals surface area contributed by atoms with Crippen LogP contribution >= 0.6 is 11.6 Å². The van der Waals surface area contributed by atoms with E-state index in [2.05, 4.69) is 9.99 Å². The van der Waals surface area contributed by atoms with Gasteiger partial charge >= 0.3 is 12.1 Å². The molecule has 0 bridgehead atoms. The van der Waals surface area contributed by atoms with E-state index in [1.807, 2.05) is 13.8 Å². The molecule has 0 amide bonds. The molecule has 0 aliphatic carbocycles. The fourth-order valence-electron chi connectivity index (χ4n) is 1.33. The van der Waals surface area contributed by atoms with Gasteiger partial charge in [0.1, 0.15) is 0 Å². The van der Waals surface area contributed by atoms with Crippen molar-refractivity contribution in [2.24, 2.45) is 11.1 Å². The standard InChI is InChI=1S/C14H15ClF3NO3/c1-9(2)7-21-12(20)8-22-19-13(14(16,17)18)10-3-5-11(15)6-4-10/h3-6,9H,7-8H2,1-2H3. The Balaban J connectivity index is 2.73. The molecular weight excluding hydrogens is 323 g/mol. The fraction of sp³-hybridized carbons (Fsp3) is 0.429. The highest BCUT2D eigenvalue weighted by molar-refractivity contribution is 6.30. The van der Waals surface area contributed by atoms with E-state index in [-0.39, 0.29) is 18.1 Å². The maximum absolute atomic E-state index is 12.9. The molecule has 0 atom stereocenters. The first kappa shape index (κ1) is 18.3. The Kier molecular flexibility index (Phi) is 6.67. The Morgan fingerprint density at radius 1 is 1.27 bits per heavy atom. The number of rotatable bonds is 6. The SMILES string of the molecule is CC(C)COC(=O)CON=C(c1ccc(Cl)cc1)C(F)(F)F. The Labute approximate surface area is 130 Å². The van der Waals surface area contributed by atoms with E-state index >= 15 is 0 Å². The first-order valence-corrected chi connectivity index (χ1v) is 6.76. The molecule has 0 saturated heterocycles. The smallest absolute Gasteiger partial charge is 0.437 e. The first-order chi connectivity index (χ1) is 10.2. The molecule has 0 aliphatic heterocycles. The number of carbonyl (C=O) groups excluding carboxylic acids is 1. The summed E-state index contributed by atoms with van der Waals surface area (Å²) in [5.74, 6) is -0.665. The van der Waals surface area contributed by atoms with Gasteiger partial charge in [0.15, 0.2) is 5.71 Å². The van der Waals surface area contributed by atoms with Gasteiger partial charge in [0.25, 0.3) is 0 Å². The highest BCUT2D eigenvalue weighted by Crippen LogP contribution is 2.23. The Bertz CT molecular complexity index is 527. The monoisotopic (exact) mass is 337 g/mol. The molecule has 0 saturated carbocycles. The number of ether oxygens (including phenoxy) is 1. The summed E-state index contributed by atoms with van der Waals surface area (Å²) < 4.78 is 43.5. The number of halogens is 4. The van der Waals surface area contributed by atoms with Crippen LogP contribution in [0.5, 0.6) is 0 Å². The molecule has 22 heavy (non-hydrogen) atoms. The molecular formula is C14H15ClF3NO3. The van der Waals surface area contributed by atoms with Crippen LogP contribution in [0.25, 0.3) is 0 Å². The van der Waals surface area contributed by atoms with E-state index in [1.165, 1.54) is 12.1 Å². The molecule has 0 N–H and O–H groups in total. The van der Waals surface area contributed by atoms with E-state index in [4.69, 9.17) is 16.3 Å². The number of hydrogen-bond acceptors (Lipinski definition) is 4. The van der Waals surface area contributed by atoms with Crippen molar-refractivity contribution in [2.75, 3.05) is 13.2 Å². The van der Waals surface area contributed by atoms with E-state index in [0.29, 0.717) is 5.02 Å². The van der Waals surface area contributed by atoms with Crippen molar-refractivity contribution < 1.29 is 27.5 Å². The summed E-state index contributed by atoms with van der Waals surface area (Å²) in [6, 6.07) is 4.92. The van der Waals surface area contributed by atoms with Crippen LogP contribution in [0.3, 0.4) is 0 Å². The van der Waals surface area contributed by atoms with E-state index in [9.17, 15) is 18.0 Å². The maximum Gasteiger partial charge on any atom is 0.437 e. The molecule has 1 aromatic rings. The second kappa shape index (κ2) is 8.03. The van der Waals surface area contributed by atoms with Crippen LogP contribution in [0.1, 0.15) is 19.4 Å². The minimum Gasteiger partial charge on any atom is -0.463 e. The number of carbonyl (C=O) groups is 1. The fourth-order valence-corrected chi connectivity index (χ4v) is 1.45. The quantitative estimate of drug-likeness (QED) is 0.450. The average Bonchev–Trinajstić information content (AvgIpc) is 2.41. The maximum atomic E-state index is 12.9. The summed E-state index contributed by atoms with van der Waals surface area (Å²) in [4.78, 5) is 15.7. The number of hydrogen-bond donors (Lipinski definition) is 0. The first-order valence-electron chi connectivity index (χ1n) is 6.39. The Morgan fingerprint density at radius 3 is 2.36 bits per heavy atom. The van der Waals surface area contributed by atoms with Gasteiger partial charge in [0.2, 0.25) is 6.61 Å². The number of alkyl halides is 3. The summed E-state index contributed by atoms with van der Waals surface area (Å²) in [6.45, 7) is 3.12. The number of esters is 1. The third kappa shape index (κ3) is 6.34. The van der Waals surface area contributed by atoms with Gasteiger partial charge in [-0.05, 0) is 18.1 Å². The summed E-state index contributed by atoms with van der Waals surface area (Å²) >= 11 is 5.62. The topological polar surface area (TPSA) is 47.9 Å². The van der Waals surface area contributed by atoms with Crippen molar-refractivity contribution in [3.05, 3.63) is 34.9 Å². The van der Waals surface area contributed by atoms with Crippen LogP contribution in [-0.2, 0) is 14.4 Å². The summed E-state index contributed by atoms with van der Waals surface area (Å²) in [7, 11) is 0. The Morgan fingerprint density at radius 2 is 1.86 bits per heavy atom. The van der Waals surface area contributed by atoms with E-state index in [1.54, 1.807) is 0 Å². The van der Waals surface area contributed by atoms with Crippen LogP contribution < -0.4 is 0 Å². The van der Waals surface area contributed by atoms with Crippen molar-refractivity contribution in [3.63, 3.8) is 0 Å². The summed E-state index contributed by atoms with van der Waals surface area (Å²) in [5, 5.41) is 3.30. The lowest BCUT2D eigenvalue weighted by atomic mass is 10.1. The molecule has 0 radical (unpaired) electrons. The van der Waals surface area contributed by atoms with Gasteiger partial charge < -0.3 is 9.57 Å². The number of oxime groups is 1. The molecule has 0 aromatic heterocycles. The lowest BCUT2D eigenvalue weighted by molar-refractivity contribution is -0.150. The molecule has 122 valence electrons. The molecule has 0 unspecified atom stereocenters. The van der Waals surface area contributed by atoms with Crippen LogP contribution in [0.4, 0.5) is 13.2 Å². The zero-order chi connectivity index (χ0) is 16.8. The van der Waals surface area contributed by atoms with Crippen molar-refractivity contribution >= 4 is 23.3 Å². The second-order valence-corrected chi connectivity index (χ2v) is 5.23. The third-order valence-corrected chi connectivity index (χ3v) is 2.55. The molecule has 0 fully saturated rings. The van der Waals surface area contributed by atoms with Crippen LogP contribution in [0.2, 0.25) is 5.02 Å². The van der Waals surface area contributed by atoms with Gasteiger partial charge in [-0.1, -0.05) is 42.7 Å². The number of nitrogens with zero attached hydrogens (tertiary/aromatic N) is 1. The lowest BCUT2D eigenvalue weighted by Gasteiger charge is -2.11. The van der Waals surface area contributed by atoms with Gasteiger partial charge in [-0.3, -0.25) is 0 Å². The van der Waals surface area contributed by atoms with Gasteiger partial charge in [-0.25, -0.2) is 4.79 Å². The van der Waals surface area contributed by atoms with Crippen molar-refractivity contribution in [3.8, 4) is 0 Å². The molecule has 0 aliphatic rings. The van der Waals surface area contributed by atoms with Crippen LogP contribution in [-0.4, -0.2) is 31.1 Å². The highest BCUT2D eigenvalue weighted by Gasteiger charge is 2.37. The third-order valence-electron chi connectivity index (χ3n) is 2.30. The summed E-state index contributed by atoms with van der Waals surface area (Å²) in [6.07, 6.45) is -4.73. The van der Waals surface area contributed by atoms with Gasteiger partial charge in [-0.2, -0.15) is 13.2 Å². The largest absolute Gasteiger partial charge is 0.463 e. The van der Waals surface area contributed by atoms with Crippen molar-refractivity contribution in [1.82, 2.24) is 0 Å². The Hall–Kier alpha value is -1.76. The minimum absolute atomic E-state index is 0.118. The number of benzene rings is 1. The lowest BCUT2D eigenvalue weighted by Crippen LogP contribution is -2.25. The molecule has 1 rings (SSSR count). The van der Waals surface area contributed by atoms with Gasteiger partial charge in [0, 0.05) is 10.6 Å². The van der Waals surface area contributed by atoms with Gasteiger partial charge in [-0.15, -0.1) is 0 Å². The van der Waals surface area contributed by atoms with E-state index in [0.717, 1.165) is 12.1 Å². The minimum atomic E-state index is -4.73. The van der Waals surface area contributed by atoms with Gasteiger partial charge in [0.05, 0.1) is 6.61 Å². The predicted octanol–water partition coefficient (Wildman–Crippen LogP) is 3.82. The average molecular weight is 338 g/mol. The van der Waals surface area contributed by atoms with Crippen molar-refractivity contribution in [1.29, 1.82) is 0 Å². The molecule has 1 aromatic carbocycles. The van der Waals surface area contributed by atoms with Crippen molar-refractivity contribution in [2.45, 2.75) is 20.0 Å².